The van der Waals surface area contributed by atoms with E-state index < -0.39 is 6.29 Å². The van der Waals surface area contributed by atoms with Crippen LogP contribution in [0.2, 0.25) is 0 Å². The normalized spacial score (nSPS) is 29.0. The standard InChI is InChI=1S/C20H26O6/c1-22-15-7-9-16(10-8-15)24-20-12-11-18(17(26-20)5-4-13-21)25-19-6-2-3-14-23-19/h4-5,7-12,17-21H,2-3,6,13-14H2,1H3/b5-4+/t17-,18+,19?,20+/m1/s1. The zero-order valence-corrected chi connectivity index (χ0v) is 15.0. The van der Waals surface area contributed by atoms with Crippen molar-refractivity contribution in [3.05, 3.63) is 48.6 Å². The van der Waals surface area contributed by atoms with Crippen LogP contribution in [0.25, 0.3) is 0 Å². The Morgan fingerprint density at radius 1 is 1.15 bits per heavy atom. The van der Waals surface area contributed by atoms with Crippen molar-refractivity contribution in [2.45, 2.75) is 44.1 Å². The van der Waals surface area contributed by atoms with E-state index in [0.717, 1.165) is 31.6 Å². The van der Waals surface area contributed by atoms with Crippen molar-refractivity contribution in [2.75, 3.05) is 20.3 Å². The molecule has 0 bridgehead atoms. The van der Waals surface area contributed by atoms with Crippen molar-refractivity contribution in [3.63, 3.8) is 0 Å². The van der Waals surface area contributed by atoms with E-state index in [4.69, 9.17) is 28.8 Å². The lowest BCUT2D eigenvalue weighted by atomic mass is 10.1. The fourth-order valence-corrected chi connectivity index (χ4v) is 2.91. The summed E-state index contributed by atoms with van der Waals surface area (Å²) in [5.41, 5.74) is 0. The predicted octanol–water partition coefficient (Wildman–Crippen LogP) is 2.82. The summed E-state index contributed by atoms with van der Waals surface area (Å²) in [5.74, 6) is 1.45. The van der Waals surface area contributed by atoms with Crippen LogP contribution in [-0.2, 0) is 14.2 Å². The van der Waals surface area contributed by atoms with Gasteiger partial charge in [0.2, 0.25) is 6.29 Å². The molecule has 0 radical (unpaired) electrons. The molecule has 2 aliphatic heterocycles. The van der Waals surface area contributed by atoms with Gasteiger partial charge in [0.15, 0.2) is 6.29 Å². The van der Waals surface area contributed by atoms with Gasteiger partial charge in [0, 0.05) is 6.61 Å². The Bertz CT molecular complexity index is 591. The third-order valence-electron chi connectivity index (χ3n) is 4.26. The smallest absolute Gasteiger partial charge is 0.220 e. The van der Waals surface area contributed by atoms with Crippen LogP contribution >= 0.6 is 0 Å². The van der Waals surface area contributed by atoms with Crippen LogP contribution in [-0.4, -0.2) is 50.2 Å². The molecule has 1 fully saturated rings. The first kappa shape index (κ1) is 18.9. The number of aliphatic hydroxyl groups excluding tert-OH is 1. The molecule has 1 N–H and O–H groups in total. The van der Waals surface area contributed by atoms with E-state index in [0.29, 0.717) is 5.75 Å². The van der Waals surface area contributed by atoms with Crippen LogP contribution in [0.5, 0.6) is 11.5 Å². The van der Waals surface area contributed by atoms with E-state index in [1.807, 2.05) is 36.4 Å². The molecule has 2 heterocycles. The minimum absolute atomic E-state index is 0.0553. The van der Waals surface area contributed by atoms with Crippen LogP contribution < -0.4 is 9.47 Å². The molecule has 0 spiro atoms. The summed E-state index contributed by atoms with van der Waals surface area (Å²) in [6.45, 7) is 0.669. The number of rotatable bonds is 7. The first-order valence-electron chi connectivity index (χ1n) is 8.97. The lowest BCUT2D eigenvalue weighted by molar-refractivity contribution is -0.211. The Balaban J connectivity index is 1.63. The molecular formula is C20H26O6. The molecule has 0 saturated carbocycles. The number of aliphatic hydroxyl groups is 1. The first-order chi connectivity index (χ1) is 12.8. The maximum Gasteiger partial charge on any atom is 0.220 e. The van der Waals surface area contributed by atoms with E-state index in [2.05, 4.69) is 0 Å². The molecule has 1 aromatic carbocycles. The molecule has 142 valence electrons. The molecule has 4 atom stereocenters. The second-order valence-corrected chi connectivity index (χ2v) is 6.15. The monoisotopic (exact) mass is 362 g/mol. The van der Waals surface area contributed by atoms with E-state index >= 15 is 0 Å². The molecule has 26 heavy (non-hydrogen) atoms. The highest BCUT2D eigenvalue weighted by Gasteiger charge is 2.30. The molecule has 0 amide bonds. The zero-order valence-electron chi connectivity index (χ0n) is 15.0. The van der Waals surface area contributed by atoms with E-state index in [-0.39, 0.29) is 25.1 Å². The van der Waals surface area contributed by atoms with Crippen molar-refractivity contribution >= 4 is 0 Å². The summed E-state index contributed by atoms with van der Waals surface area (Å²) in [6.07, 6.45) is 8.86. The molecule has 2 aliphatic rings. The average molecular weight is 362 g/mol. The average Bonchev–Trinajstić information content (AvgIpc) is 2.69. The Morgan fingerprint density at radius 3 is 2.65 bits per heavy atom. The van der Waals surface area contributed by atoms with Gasteiger partial charge in [-0.1, -0.05) is 18.2 Å². The third kappa shape index (κ3) is 5.32. The zero-order chi connectivity index (χ0) is 18.2. The van der Waals surface area contributed by atoms with Crippen molar-refractivity contribution in [3.8, 4) is 11.5 Å². The molecule has 0 aromatic heterocycles. The maximum atomic E-state index is 9.09. The second kappa shape index (κ2) is 9.73. The van der Waals surface area contributed by atoms with Gasteiger partial charge in [-0.3, -0.25) is 0 Å². The third-order valence-corrected chi connectivity index (χ3v) is 4.26. The van der Waals surface area contributed by atoms with Crippen LogP contribution in [0.15, 0.2) is 48.6 Å². The van der Waals surface area contributed by atoms with Crippen LogP contribution in [0.4, 0.5) is 0 Å². The Kier molecular flexibility index (Phi) is 7.08. The lowest BCUT2D eigenvalue weighted by Crippen LogP contribution is -2.41. The van der Waals surface area contributed by atoms with Crippen molar-refractivity contribution in [1.82, 2.24) is 0 Å². The van der Waals surface area contributed by atoms with Gasteiger partial charge in [-0.15, -0.1) is 0 Å². The summed E-state index contributed by atoms with van der Waals surface area (Å²) in [6, 6.07) is 7.31. The maximum absolute atomic E-state index is 9.09. The van der Waals surface area contributed by atoms with E-state index in [1.165, 1.54) is 0 Å². The molecule has 3 rings (SSSR count). The van der Waals surface area contributed by atoms with Gasteiger partial charge in [0.1, 0.15) is 23.7 Å². The predicted molar refractivity (Wildman–Crippen MR) is 96.1 cm³/mol. The van der Waals surface area contributed by atoms with Gasteiger partial charge < -0.3 is 28.8 Å². The summed E-state index contributed by atoms with van der Waals surface area (Å²) in [5, 5.41) is 9.09. The lowest BCUT2D eigenvalue weighted by Gasteiger charge is -2.34. The summed E-state index contributed by atoms with van der Waals surface area (Å²) < 4.78 is 28.7. The summed E-state index contributed by atoms with van der Waals surface area (Å²) >= 11 is 0. The van der Waals surface area contributed by atoms with Crippen molar-refractivity contribution < 1.29 is 28.8 Å². The number of ether oxygens (including phenoxy) is 5. The number of benzene rings is 1. The van der Waals surface area contributed by atoms with Gasteiger partial charge in [-0.05, 0) is 49.6 Å². The quantitative estimate of drug-likeness (QED) is 0.753. The minimum Gasteiger partial charge on any atom is -0.497 e. The summed E-state index contributed by atoms with van der Waals surface area (Å²) in [7, 11) is 1.62. The highest BCUT2D eigenvalue weighted by atomic mass is 16.7. The van der Waals surface area contributed by atoms with Gasteiger partial charge in [-0.2, -0.15) is 0 Å². The van der Waals surface area contributed by atoms with Crippen molar-refractivity contribution in [1.29, 1.82) is 0 Å². The van der Waals surface area contributed by atoms with Gasteiger partial charge in [-0.25, -0.2) is 0 Å². The first-order valence-corrected chi connectivity index (χ1v) is 8.97. The van der Waals surface area contributed by atoms with Crippen LogP contribution in [0, 0.1) is 0 Å². The highest BCUT2D eigenvalue weighted by molar-refractivity contribution is 5.31. The molecule has 1 saturated heterocycles. The summed E-state index contributed by atoms with van der Waals surface area (Å²) in [4.78, 5) is 0. The topological polar surface area (TPSA) is 66.4 Å². The number of hydrogen-bond donors (Lipinski definition) is 1. The number of hydrogen-bond acceptors (Lipinski definition) is 6. The largest absolute Gasteiger partial charge is 0.497 e. The van der Waals surface area contributed by atoms with E-state index in [1.54, 1.807) is 19.3 Å². The molecule has 6 nitrogen and oxygen atoms in total. The van der Waals surface area contributed by atoms with Gasteiger partial charge in [0.05, 0.1) is 13.7 Å². The van der Waals surface area contributed by atoms with Gasteiger partial charge in [0.25, 0.3) is 0 Å². The molecule has 1 unspecified atom stereocenters. The SMILES string of the molecule is COc1ccc(O[C@@H]2C=C[C@H](OC3CCCCO3)[C@@H](/C=C/CO)O2)cc1. The molecular weight excluding hydrogens is 336 g/mol. The Hall–Kier alpha value is -1.86. The Labute approximate surface area is 154 Å². The van der Waals surface area contributed by atoms with Crippen LogP contribution in [0.1, 0.15) is 19.3 Å². The van der Waals surface area contributed by atoms with Gasteiger partial charge >= 0.3 is 0 Å². The molecule has 0 aliphatic carbocycles. The Morgan fingerprint density at radius 2 is 1.96 bits per heavy atom. The highest BCUT2D eigenvalue weighted by Crippen LogP contribution is 2.25. The van der Waals surface area contributed by atoms with E-state index in [9.17, 15) is 0 Å². The fourth-order valence-electron chi connectivity index (χ4n) is 2.91. The van der Waals surface area contributed by atoms with Crippen LogP contribution in [0.3, 0.4) is 0 Å². The molecule has 6 heteroatoms. The molecule has 1 aromatic rings. The minimum atomic E-state index is -0.538. The second-order valence-electron chi connectivity index (χ2n) is 6.15. The fraction of sp³-hybridized carbons (Fsp3) is 0.500. The number of methoxy groups -OCH3 is 1. The van der Waals surface area contributed by atoms with Crippen molar-refractivity contribution in [2.24, 2.45) is 0 Å².